The Kier molecular flexibility index (Phi) is 4.70. The van der Waals surface area contributed by atoms with Crippen LogP contribution in [0, 0.1) is 18.7 Å². The Morgan fingerprint density at radius 3 is 2.64 bits per heavy atom. The van der Waals surface area contributed by atoms with Crippen LogP contribution in [-0.2, 0) is 9.59 Å². The Morgan fingerprint density at radius 2 is 1.96 bits per heavy atom. The lowest BCUT2D eigenvalue weighted by molar-refractivity contribution is -0.122. The van der Waals surface area contributed by atoms with Gasteiger partial charge in [0.05, 0.1) is 18.7 Å². The summed E-state index contributed by atoms with van der Waals surface area (Å²) in [6.45, 7) is 2.19. The number of halogens is 1. The van der Waals surface area contributed by atoms with Gasteiger partial charge in [-0.15, -0.1) is 0 Å². The highest BCUT2D eigenvalue weighted by Gasteiger charge is 2.35. The van der Waals surface area contributed by atoms with E-state index in [1.807, 2.05) is 19.1 Å². The van der Waals surface area contributed by atoms with E-state index in [4.69, 9.17) is 4.74 Å². The second-order valence-corrected chi connectivity index (χ2v) is 6.07. The van der Waals surface area contributed by atoms with Crippen LogP contribution in [0.15, 0.2) is 42.5 Å². The van der Waals surface area contributed by atoms with E-state index in [1.165, 1.54) is 36.3 Å². The molecule has 1 saturated heterocycles. The van der Waals surface area contributed by atoms with Gasteiger partial charge in [0.25, 0.3) is 0 Å². The summed E-state index contributed by atoms with van der Waals surface area (Å²) in [6, 6.07) is 11.2. The quantitative estimate of drug-likeness (QED) is 0.929. The number of nitrogens with one attached hydrogen (secondary N) is 1. The molecule has 6 heteroatoms. The van der Waals surface area contributed by atoms with Crippen molar-refractivity contribution in [3.63, 3.8) is 0 Å². The van der Waals surface area contributed by atoms with Gasteiger partial charge < -0.3 is 15.0 Å². The van der Waals surface area contributed by atoms with Crippen LogP contribution in [0.4, 0.5) is 15.8 Å². The molecule has 5 nitrogen and oxygen atoms in total. The minimum Gasteiger partial charge on any atom is -0.495 e. The smallest absolute Gasteiger partial charge is 0.229 e. The molecule has 0 bridgehead atoms. The van der Waals surface area contributed by atoms with Gasteiger partial charge in [-0.25, -0.2) is 4.39 Å². The van der Waals surface area contributed by atoms with E-state index in [0.29, 0.717) is 17.1 Å². The minimum absolute atomic E-state index is 0.122. The summed E-state index contributed by atoms with van der Waals surface area (Å²) >= 11 is 0. The number of methoxy groups -OCH3 is 1. The number of rotatable bonds is 4. The predicted octanol–water partition coefficient (Wildman–Crippen LogP) is 3.13. The van der Waals surface area contributed by atoms with Gasteiger partial charge in [0.1, 0.15) is 11.6 Å². The number of amides is 2. The van der Waals surface area contributed by atoms with Gasteiger partial charge in [-0.3, -0.25) is 9.59 Å². The molecule has 1 atom stereocenters. The van der Waals surface area contributed by atoms with Gasteiger partial charge in [0.2, 0.25) is 11.8 Å². The molecule has 130 valence electrons. The third-order valence-electron chi connectivity index (χ3n) is 4.25. The summed E-state index contributed by atoms with van der Waals surface area (Å²) in [5.74, 6) is -0.650. The van der Waals surface area contributed by atoms with E-state index in [0.717, 1.165) is 5.56 Å². The number of carbonyl (C=O) groups excluding carboxylic acids is 2. The number of benzene rings is 2. The molecule has 1 unspecified atom stereocenters. The van der Waals surface area contributed by atoms with Crippen LogP contribution in [0.5, 0.6) is 5.75 Å². The van der Waals surface area contributed by atoms with E-state index in [1.54, 1.807) is 6.07 Å². The number of anilines is 2. The maximum absolute atomic E-state index is 13.0. The first kappa shape index (κ1) is 17.0. The molecule has 2 aromatic carbocycles. The van der Waals surface area contributed by atoms with E-state index in [9.17, 15) is 14.0 Å². The van der Waals surface area contributed by atoms with Gasteiger partial charge in [0, 0.05) is 18.7 Å². The molecule has 1 heterocycles. The maximum Gasteiger partial charge on any atom is 0.229 e. The van der Waals surface area contributed by atoms with Crippen LogP contribution in [0.3, 0.4) is 0 Å². The monoisotopic (exact) mass is 342 g/mol. The van der Waals surface area contributed by atoms with Crippen molar-refractivity contribution in [1.82, 2.24) is 0 Å². The lowest BCUT2D eigenvalue weighted by Crippen LogP contribution is -2.28. The topological polar surface area (TPSA) is 58.6 Å². The van der Waals surface area contributed by atoms with Crippen molar-refractivity contribution in [2.45, 2.75) is 13.3 Å². The third kappa shape index (κ3) is 3.63. The number of hydrogen-bond donors (Lipinski definition) is 1. The fourth-order valence-electron chi connectivity index (χ4n) is 2.91. The molecule has 3 rings (SSSR count). The van der Waals surface area contributed by atoms with E-state index in [2.05, 4.69) is 5.32 Å². The average Bonchev–Trinajstić information content (AvgIpc) is 2.98. The molecule has 1 fully saturated rings. The molecular formula is C19H19FN2O3. The summed E-state index contributed by atoms with van der Waals surface area (Å²) < 4.78 is 18.3. The molecule has 1 aliphatic rings. The molecule has 0 radical (unpaired) electrons. The molecule has 1 aliphatic heterocycles. The SMILES string of the molecule is COc1ccc(C)cc1NC(=O)C1CC(=O)N(c2ccc(F)cc2)C1. The molecule has 0 aromatic heterocycles. The average molecular weight is 342 g/mol. The summed E-state index contributed by atoms with van der Waals surface area (Å²) in [5.41, 5.74) is 2.17. The predicted molar refractivity (Wildman–Crippen MR) is 93.2 cm³/mol. The highest BCUT2D eigenvalue weighted by atomic mass is 19.1. The zero-order chi connectivity index (χ0) is 18.0. The largest absolute Gasteiger partial charge is 0.495 e. The summed E-state index contributed by atoms with van der Waals surface area (Å²) in [6.07, 6.45) is 0.122. The lowest BCUT2D eigenvalue weighted by Gasteiger charge is -2.17. The zero-order valence-corrected chi connectivity index (χ0v) is 14.1. The minimum atomic E-state index is -0.470. The molecule has 0 aliphatic carbocycles. The van der Waals surface area contributed by atoms with Crippen LogP contribution in [0.25, 0.3) is 0 Å². The Bertz CT molecular complexity index is 805. The first-order chi connectivity index (χ1) is 12.0. The fraction of sp³-hybridized carbons (Fsp3) is 0.263. The Balaban J connectivity index is 1.73. The number of nitrogens with zero attached hydrogens (tertiary/aromatic N) is 1. The van der Waals surface area contributed by atoms with Crippen LogP contribution >= 0.6 is 0 Å². The van der Waals surface area contributed by atoms with Crippen molar-refractivity contribution in [3.8, 4) is 5.75 Å². The van der Waals surface area contributed by atoms with Crippen LogP contribution in [0.1, 0.15) is 12.0 Å². The molecule has 2 amide bonds. The van der Waals surface area contributed by atoms with E-state index in [-0.39, 0.29) is 30.6 Å². The highest BCUT2D eigenvalue weighted by Crippen LogP contribution is 2.29. The van der Waals surface area contributed by atoms with Crippen molar-refractivity contribution in [3.05, 3.63) is 53.8 Å². The highest BCUT2D eigenvalue weighted by molar-refractivity contribution is 6.03. The van der Waals surface area contributed by atoms with E-state index >= 15 is 0 Å². The molecule has 1 N–H and O–H groups in total. The van der Waals surface area contributed by atoms with Gasteiger partial charge in [-0.05, 0) is 48.9 Å². The number of ether oxygens (including phenoxy) is 1. The zero-order valence-electron chi connectivity index (χ0n) is 14.1. The molecular weight excluding hydrogens is 323 g/mol. The van der Waals surface area contributed by atoms with Gasteiger partial charge in [-0.1, -0.05) is 6.07 Å². The van der Waals surface area contributed by atoms with Crippen molar-refractivity contribution in [2.75, 3.05) is 23.9 Å². The normalized spacial score (nSPS) is 16.8. The molecule has 0 spiro atoms. The Hall–Kier alpha value is -2.89. The van der Waals surface area contributed by atoms with Crippen molar-refractivity contribution in [1.29, 1.82) is 0 Å². The first-order valence-corrected chi connectivity index (χ1v) is 7.99. The van der Waals surface area contributed by atoms with E-state index < -0.39 is 5.92 Å². The Labute approximate surface area is 145 Å². The maximum atomic E-state index is 13.0. The molecule has 2 aromatic rings. The standard InChI is InChI=1S/C19H19FN2O3/c1-12-3-8-17(25-2)16(9-12)21-19(24)13-10-18(23)22(11-13)15-6-4-14(20)5-7-15/h3-9,13H,10-11H2,1-2H3,(H,21,24). The van der Waals surface area contributed by atoms with Gasteiger partial charge in [0.15, 0.2) is 0 Å². The number of carbonyl (C=O) groups is 2. The van der Waals surface area contributed by atoms with Crippen molar-refractivity contribution in [2.24, 2.45) is 5.92 Å². The van der Waals surface area contributed by atoms with Gasteiger partial charge >= 0.3 is 0 Å². The molecule has 0 saturated carbocycles. The molecule has 25 heavy (non-hydrogen) atoms. The van der Waals surface area contributed by atoms with Crippen LogP contribution in [0.2, 0.25) is 0 Å². The van der Waals surface area contributed by atoms with Crippen LogP contribution in [-0.4, -0.2) is 25.5 Å². The van der Waals surface area contributed by atoms with Crippen molar-refractivity contribution >= 4 is 23.2 Å². The third-order valence-corrected chi connectivity index (χ3v) is 4.25. The summed E-state index contributed by atoms with van der Waals surface area (Å²) in [5, 5.41) is 2.84. The number of hydrogen-bond acceptors (Lipinski definition) is 3. The van der Waals surface area contributed by atoms with Gasteiger partial charge in [-0.2, -0.15) is 0 Å². The summed E-state index contributed by atoms with van der Waals surface area (Å²) in [4.78, 5) is 26.3. The Morgan fingerprint density at radius 1 is 1.24 bits per heavy atom. The first-order valence-electron chi connectivity index (χ1n) is 7.99. The second kappa shape index (κ2) is 6.93. The second-order valence-electron chi connectivity index (χ2n) is 6.07. The summed E-state index contributed by atoms with van der Waals surface area (Å²) in [7, 11) is 1.54. The van der Waals surface area contributed by atoms with Crippen LogP contribution < -0.4 is 15.0 Å². The fourth-order valence-corrected chi connectivity index (χ4v) is 2.91. The number of aryl methyl sites for hydroxylation is 1. The van der Waals surface area contributed by atoms with Crippen molar-refractivity contribution < 1.29 is 18.7 Å². The lowest BCUT2D eigenvalue weighted by atomic mass is 10.1.